The second-order valence-electron chi connectivity index (χ2n) is 4.87. The Bertz CT molecular complexity index is 799. The number of hydrogen-bond donors (Lipinski definition) is 2. The summed E-state index contributed by atoms with van der Waals surface area (Å²) in [5.41, 5.74) is 4.79. The molecule has 3 aromatic rings. The van der Waals surface area contributed by atoms with Gasteiger partial charge < -0.3 is 5.32 Å². The second-order valence-corrected chi connectivity index (χ2v) is 6.40. The zero-order chi connectivity index (χ0) is 16.2. The van der Waals surface area contributed by atoms with Gasteiger partial charge in [0.2, 0.25) is 0 Å². The van der Waals surface area contributed by atoms with Gasteiger partial charge in [-0.25, -0.2) is 9.37 Å². The van der Waals surface area contributed by atoms with E-state index < -0.39 is 6.67 Å². The van der Waals surface area contributed by atoms with Crippen molar-refractivity contribution in [3.8, 4) is 10.4 Å². The third kappa shape index (κ3) is 3.54. The second kappa shape index (κ2) is 7.12. The van der Waals surface area contributed by atoms with Gasteiger partial charge in [-0.05, 0) is 31.0 Å². The smallest absolute Gasteiger partial charge is 0.152 e. The number of rotatable bonds is 6. The maximum atomic E-state index is 12.3. The number of nitrogens with one attached hydrogen (secondary N) is 1. The number of nitrogens with zero attached hydrogens (tertiary/aromatic N) is 3. The highest BCUT2D eigenvalue weighted by atomic mass is 32.2. The molecule has 0 fully saturated rings. The first-order valence-corrected chi connectivity index (χ1v) is 8.75. The lowest BCUT2D eigenvalue weighted by Crippen LogP contribution is -2.01. The van der Waals surface area contributed by atoms with E-state index in [4.69, 9.17) is 5.14 Å². The highest BCUT2D eigenvalue weighted by molar-refractivity contribution is 7.97. The molecule has 0 aliphatic rings. The van der Waals surface area contributed by atoms with Crippen LogP contribution in [-0.4, -0.2) is 21.4 Å². The van der Waals surface area contributed by atoms with Gasteiger partial charge in [0.05, 0.1) is 22.6 Å². The van der Waals surface area contributed by atoms with Crippen LogP contribution in [0, 0.1) is 6.92 Å². The normalized spacial score (nSPS) is 10.9. The topological polar surface area (TPSA) is 68.8 Å². The molecule has 0 aliphatic heterocycles. The van der Waals surface area contributed by atoms with Crippen molar-refractivity contribution in [1.82, 2.24) is 14.8 Å². The molecule has 1 aromatic carbocycles. The lowest BCUT2D eigenvalue weighted by atomic mass is 10.1. The van der Waals surface area contributed by atoms with Gasteiger partial charge in [0.25, 0.3) is 0 Å². The van der Waals surface area contributed by atoms with Crippen LogP contribution in [0.5, 0.6) is 0 Å². The van der Waals surface area contributed by atoms with Crippen molar-refractivity contribution in [1.29, 1.82) is 0 Å². The van der Waals surface area contributed by atoms with Crippen LogP contribution in [0.25, 0.3) is 10.4 Å². The first-order valence-electron chi connectivity index (χ1n) is 6.99. The summed E-state index contributed by atoms with van der Waals surface area (Å²) in [4.78, 5) is 6.37. The fourth-order valence-corrected chi connectivity index (χ4v) is 3.63. The van der Waals surface area contributed by atoms with E-state index in [1.165, 1.54) is 11.9 Å². The fraction of sp³-hybridized carbons (Fsp3) is 0.200. The molecule has 0 saturated carbocycles. The first-order chi connectivity index (χ1) is 11.2. The molecule has 0 unspecified atom stereocenters. The molecule has 120 valence electrons. The van der Waals surface area contributed by atoms with Crippen molar-refractivity contribution in [3.05, 3.63) is 41.7 Å². The number of anilines is 2. The summed E-state index contributed by atoms with van der Waals surface area (Å²) in [6.07, 6.45) is 1.75. The summed E-state index contributed by atoms with van der Waals surface area (Å²) < 4.78 is 13.9. The van der Waals surface area contributed by atoms with Crippen LogP contribution in [0.15, 0.2) is 40.9 Å². The van der Waals surface area contributed by atoms with Crippen molar-refractivity contribution in [2.24, 2.45) is 5.14 Å². The Hall–Kier alpha value is -1.90. The summed E-state index contributed by atoms with van der Waals surface area (Å²) in [6.45, 7) is 1.81. The van der Waals surface area contributed by atoms with E-state index in [0.29, 0.717) is 5.82 Å². The quantitative estimate of drug-likeness (QED) is 0.659. The van der Waals surface area contributed by atoms with Gasteiger partial charge in [-0.15, -0.1) is 11.3 Å². The standard InChI is InChI=1S/C15H16FN5S2/c1-10-15(22-9-18-10)12-3-2-11(8-13(12)23-17)19-14-4-6-21(20-14)7-5-16/h2-4,6,8-9H,5,7,17H2,1H3,(H,19,20). The average Bonchev–Trinajstić information content (AvgIpc) is 3.17. The van der Waals surface area contributed by atoms with E-state index in [9.17, 15) is 4.39 Å². The number of benzene rings is 1. The van der Waals surface area contributed by atoms with Gasteiger partial charge in [0.1, 0.15) is 6.67 Å². The van der Waals surface area contributed by atoms with E-state index in [1.54, 1.807) is 22.2 Å². The molecule has 2 aromatic heterocycles. The van der Waals surface area contributed by atoms with Gasteiger partial charge in [-0.2, -0.15) is 5.10 Å². The minimum Gasteiger partial charge on any atom is -0.339 e. The van der Waals surface area contributed by atoms with Crippen molar-refractivity contribution in [3.63, 3.8) is 0 Å². The summed E-state index contributed by atoms with van der Waals surface area (Å²) in [5, 5.41) is 13.3. The Labute approximate surface area is 141 Å². The SMILES string of the molecule is Cc1ncsc1-c1ccc(Nc2ccn(CCF)n2)cc1SN. The maximum absolute atomic E-state index is 12.3. The molecule has 0 amide bonds. The monoisotopic (exact) mass is 349 g/mol. The van der Waals surface area contributed by atoms with E-state index in [2.05, 4.69) is 15.4 Å². The lowest BCUT2D eigenvalue weighted by molar-refractivity contribution is 0.428. The number of thiazole rings is 1. The molecule has 0 bridgehead atoms. The van der Waals surface area contributed by atoms with Crippen molar-refractivity contribution >= 4 is 34.8 Å². The maximum Gasteiger partial charge on any atom is 0.152 e. The van der Waals surface area contributed by atoms with Crippen LogP contribution in [0.1, 0.15) is 5.69 Å². The van der Waals surface area contributed by atoms with E-state index >= 15 is 0 Å². The van der Waals surface area contributed by atoms with Crippen molar-refractivity contribution in [2.45, 2.75) is 18.4 Å². The van der Waals surface area contributed by atoms with Crippen LogP contribution < -0.4 is 10.5 Å². The predicted molar refractivity (Wildman–Crippen MR) is 93.8 cm³/mol. The number of aryl methyl sites for hydroxylation is 2. The van der Waals surface area contributed by atoms with Gasteiger partial charge >= 0.3 is 0 Å². The molecule has 3 N–H and O–H groups in total. The number of aromatic nitrogens is 3. The average molecular weight is 349 g/mol. The van der Waals surface area contributed by atoms with E-state index in [1.807, 2.05) is 36.7 Å². The zero-order valence-corrected chi connectivity index (χ0v) is 14.1. The highest BCUT2D eigenvalue weighted by Crippen LogP contribution is 2.36. The third-order valence-electron chi connectivity index (χ3n) is 3.33. The number of hydrogen-bond acceptors (Lipinski definition) is 6. The molecule has 0 aliphatic carbocycles. The Morgan fingerprint density at radius 2 is 2.26 bits per heavy atom. The number of nitrogens with two attached hydrogens (primary N) is 1. The minimum atomic E-state index is -0.433. The third-order valence-corrected chi connectivity index (χ3v) is 4.88. The molecule has 0 atom stereocenters. The van der Waals surface area contributed by atoms with Gasteiger partial charge in [-0.1, -0.05) is 6.07 Å². The molecular weight excluding hydrogens is 333 g/mol. The molecule has 3 rings (SSSR count). The molecule has 8 heteroatoms. The lowest BCUT2D eigenvalue weighted by Gasteiger charge is -2.10. The summed E-state index contributed by atoms with van der Waals surface area (Å²) in [5.74, 6) is 0.674. The zero-order valence-electron chi connectivity index (χ0n) is 12.5. The van der Waals surface area contributed by atoms with Crippen LogP contribution in [0.2, 0.25) is 0 Å². The van der Waals surface area contributed by atoms with E-state index in [-0.39, 0.29) is 6.54 Å². The molecule has 0 radical (unpaired) electrons. The van der Waals surface area contributed by atoms with Crippen molar-refractivity contribution < 1.29 is 4.39 Å². The fourth-order valence-electron chi connectivity index (χ4n) is 2.23. The first kappa shape index (κ1) is 16.0. The van der Waals surface area contributed by atoms with Gasteiger partial charge in [0.15, 0.2) is 5.82 Å². The summed E-state index contributed by atoms with van der Waals surface area (Å²) >= 11 is 2.80. The van der Waals surface area contributed by atoms with Crippen LogP contribution in [0.3, 0.4) is 0 Å². The molecule has 0 saturated heterocycles. The van der Waals surface area contributed by atoms with Crippen LogP contribution >= 0.6 is 23.3 Å². The Morgan fingerprint density at radius 3 is 2.96 bits per heavy atom. The Balaban J connectivity index is 1.85. The molecule has 0 spiro atoms. The molecule has 2 heterocycles. The number of halogens is 1. The van der Waals surface area contributed by atoms with Gasteiger partial charge in [-0.3, -0.25) is 9.82 Å². The van der Waals surface area contributed by atoms with E-state index in [0.717, 1.165) is 26.7 Å². The Morgan fingerprint density at radius 1 is 1.39 bits per heavy atom. The van der Waals surface area contributed by atoms with Crippen molar-refractivity contribution in [2.75, 3.05) is 12.0 Å². The predicted octanol–water partition coefficient (Wildman–Crippen LogP) is 3.99. The molecule has 23 heavy (non-hydrogen) atoms. The largest absolute Gasteiger partial charge is 0.339 e. The summed E-state index contributed by atoms with van der Waals surface area (Å²) in [7, 11) is 0. The molecule has 5 nitrogen and oxygen atoms in total. The highest BCUT2D eigenvalue weighted by Gasteiger charge is 2.11. The van der Waals surface area contributed by atoms with Gasteiger partial charge in [0, 0.05) is 28.4 Å². The van der Waals surface area contributed by atoms with Crippen LogP contribution in [0.4, 0.5) is 15.9 Å². The number of alkyl halides is 1. The van der Waals surface area contributed by atoms with Crippen LogP contribution in [-0.2, 0) is 6.54 Å². The molecular formula is C15H16FN5S2. The minimum absolute atomic E-state index is 0.259. The Kier molecular flexibility index (Phi) is 4.94. The summed E-state index contributed by atoms with van der Waals surface area (Å²) in [6, 6.07) is 7.79.